The zero-order valence-corrected chi connectivity index (χ0v) is 14.2. The lowest BCUT2D eigenvalue weighted by Gasteiger charge is -2.16. The van der Waals surface area contributed by atoms with Crippen molar-refractivity contribution in [2.75, 3.05) is 6.54 Å². The zero-order chi connectivity index (χ0) is 15.9. The highest BCUT2D eigenvalue weighted by molar-refractivity contribution is 7.89. The van der Waals surface area contributed by atoms with E-state index in [1.807, 2.05) is 13.0 Å². The van der Waals surface area contributed by atoms with Crippen LogP contribution >= 0.6 is 0 Å². The molecular formula is C16H28N2O2S. The topological polar surface area (TPSA) is 72.2 Å². The summed E-state index contributed by atoms with van der Waals surface area (Å²) in [7, 11) is -3.45. The Bertz CT molecular complexity index is 541. The summed E-state index contributed by atoms with van der Waals surface area (Å²) in [6.45, 7) is 7.04. The molecule has 1 atom stereocenters. The molecule has 0 heterocycles. The smallest absolute Gasteiger partial charge is 0.240 e. The molecule has 0 saturated carbocycles. The fourth-order valence-electron chi connectivity index (χ4n) is 2.29. The molecule has 1 unspecified atom stereocenters. The van der Waals surface area contributed by atoms with Crippen LogP contribution in [0, 0.1) is 12.8 Å². The van der Waals surface area contributed by atoms with Crippen molar-refractivity contribution < 1.29 is 8.42 Å². The third kappa shape index (κ3) is 5.41. The molecule has 120 valence electrons. The Balaban J connectivity index is 2.77. The van der Waals surface area contributed by atoms with Gasteiger partial charge in [-0.15, -0.1) is 0 Å². The van der Waals surface area contributed by atoms with E-state index in [-0.39, 0.29) is 0 Å². The lowest BCUT2D eigenvalue weighted by molar-refractivity contribution is 0.443. The number of aryl methyl sites for hydroxylation is 1. The van der Waals surface area contributed by atoms with Crippen molar-refractivity contribution >= 4 is 10.0 Å². The molecule has 1 rings (SSSR count). The van der Waals surface area contributed by atoms with E-state index in [0.29, 0.717) is 23.9 Å². The van der Waals surface area contributed by atoms with Crippen molar-refractivity contribution in [1.82, 2.24) is 4.72 Å². The summed E-state index contributed by atoms with van der Waals surface area (Å²) >= 11 is 0. The second kappa shape index (κ2) is 8.51. The molecule has 0 aromatic heterocycles. The number of benzene rings is 1. The van der Waals surface area contributed by atoms with Crippen molar-refractivity contribution in [3.05, 3.63) is 29.3 Å². The van der Waals surface area contributed by atoms with Crippen LogP contribution in [-0.4, -0.2) is 15.0 Å². The van der Waals surface area contributed by atoms with Crippen molar-refractivity contribution in [3.8, 4) is 0 Å². The SMILES string of the molecule is CCCCC(CC)CNS(=O)(=O)c1ccc(C)c(CN)c1. The van der Waals surface area contributed by atoms with Gasteiger partial charge < -0.3 is 5.73 Å². The maximum atomic E-state index is 12.4. The second-order valence-corrected chi connectivity index (χ2v) is 7.33. The number of rotatable bonds is 9. The molecule has 1 aromatic carbocycles. The second-order valence-electron chi connectivity index (χ2n) is 5.56. The van der Waals surface area contributed by atoms with Crippen LogP contribution in [-0.2, 0) is 16.6 Å². The average molecular weight is 312 g/mol. The van der Waals surface area contributed by atoms with Gasteiger partial charge in [0.2, 0.25) is 10.0 Å². The van der Waals surface area contributed by atoms with Crippen LogP contribution in [0.4, 0.5) is 0 Å². The largest absolute Gasteiger partial charge is 0.326 e. The quantitative estimate of drug-likeness (QED) is 0.736. The molecule has 21 heavy (non-hydrogen) atoms. The summed E-state index contributed by atoms with van der Waals surface area (Å²) < 4.78 is 27.4. The molecule has 3 N–H and O–H groups in total. The summed E-state index contributed by atoms with van der Waals surface area (Å²) in [6.07, 6.45) is 4.34. The van der Waals surface area contributed by atoms with E-state index in [1.54, 1.807) is 12.1 Å². The Labute approximate surface area is 129 Å². The maximum absolute atomic E-state index is 12.4. The van der Waals surface area contributed by atoms with E-state index >= 15 is 0 Å². The molecule has 0 aliphatic heterocycles. The van der Waals surface area contributed by atoms with Crippen molar-refractivity contribution in [2.45, 2.75) is 57.9 Å². The van der Waals surface area contributed by atoms with Gasteiger partial charge in [0.1, 0.15) is 0 Å². The van der Waals surface area contributed by atoms with Gasteiger partial charge in [0.15, 0.2) is 0 Å². The number of nitrogens with one attached hydrogen (secondary N) is 1. The minimum Gasteiger partial charge on any atom is -0.326 e. The molecule has 0 aliphatic rings. The predicted molar refractivity (Wildman–Crippen MR) is 87.6 cm³/mol. The number of sulfonamides is 1. The lowest BCUT2D eigenvalue weighted by Crippen LogP contribution is -2.29. The molecule has 0 amide bonds. The molecule has 0 radical (unpaired) electrons. The molecule has 4 nitrogen and oxygen atoms in total. The van der Waals surface area contributed by atoms with E-state index < -0.39 is 10.0 Å². The average Bonchev–Trinajstić information content (AvgIpc) is 2.47. The van der Waals surface area contributed by atoms with Gasteiger partial charge >= 0.3 is 0 Å². The molecule has 0 bridgehead atoms. The fraction of sp³-hybridized carbons (Fsp3) is 0.625. The van der Waals surface area contributed by atoms with Gasteiger partial charge in [0.05, 0.1) is 4.90 Å². The minimum absolute atomic E-state index is 0.305. The Morgan fingerprint density at radius 2 is 2.00 bits per heavy atom. The van der Waals surface area contributed by atoms with E-state index in [2.05, 4.69) is 18.6 Å². The van der Waals surface area contributed by atoms with Crippen LogP contribution in [0.25, 0.3) is 0 Å². The first-order chi connectivity index (χ1) is 9.94. The van der Waals surface area contributed by atoms with E-state index in [4.69, 9.17) is 5.73 Å². The van der Waals surface area contributed by atoms with Gasteiger partial charge in [0.25, 0.3) is 0 Å². The third-order valence-electron chi connectivity index (χ3n) is 3.96. The van der Waals surface area contributed by atoms with Gasteiger partial charge in [-0.2, -0.15) is 0 Å². The maximum Gasteiger partial charge on any atom is 0.240 e. The Kier molecular flexibility index (Phi) is 7.35. The van der Waals surface area contributed by atoms with Crippen molar-refractivity contribution in [2.24, 2.45) is 11.7 Å². The van der Waals surface area contributed by atoms with E-state index in [0.717, 1.165) is 36.8 Å². The van der Waals surface area contributed by atoms with Crippen molar-refractivity contribution in [1.29, 1.82) is 0 Å². The van der Waals surface area contributed by atoms with Crippen LogP contribution in [0.5, 0.6) is 0 Å². The molecule has 0 fully saturated rings. The number of unbranched alkanes of at least 4 members (excludes halogenated alkanes) is 1. The van der Waals surface area contributed by atoms with Crippen LogP contribution in [0.3, 0.4) is 0 Å². The Morgan fingerprint density at radius 1 is 1.29 bits per heavy atom. The van der Waals surface area contributed by atoms with Gasteiger partial charge in [-0.05, 0) is 42.5 Å². The molecule has 0 spiro atoms. The number of hydrogen-bond donors (Lipinski definition) is 2. The van der Waals surface area contributed by atoms with Crippen molar-refractivity contribution in [3.63, 3.8) is 0 Å². The molecular weight excluding hydrogens is 284 g/mol. The Hall–Kier alpha value is -0.910. The van der Waals surface area contributed by atoms with Crippen LogP contribution in [0.2, 0.25) is 0 Å². The van der Waals surface area contributed by atoms with Crippen LogP contribution < -0.4 is 10.5 Å². The standard InChI is InChI=1S/C16H28N2O2S/c1-4-6-7-14(5-2)12-18-21(19,20)16-9-8-13(3)15(10-16)11-17/h8-10,14,18H,4-7,11-12,17H2,1-3H3. The monoisotopic (exact) mass is 312 g/mol. The Morgan fingerprint density at radius 3 is 2.57 bits per heavy atom. The van der Waals surface area contributed by atoms with Gasteiger partial charge in [0, 0.05) is 13.1 Å². The number of nitrogens with two attached hydrogens (primary N) is 1. The van der Waals surface area contributed by atoms with E-state index in [1.165, 1.54) is 0 Å². The summed E-state index contributed by atoms with van der Waals surface area (Å²) in [5, 5.41) is 0. The third-order valence-corrected chi connectivity index (χ3v) is 5.38. The van der Waals surface area contributed by atoms with Gasteiger partial charge in [-0.1, -0.05) is 39.2 Å². The normalized spacial score (nSPS) is 13.3. The summed E-state index contributed by atoms with van der Waals surface area (Å²) in [6, 6.07) is 5.12. The predicted octanol–water partition coefficient (Wildman–Crippen LogP) is 2.95. The summed E-state index contributed by atoms with van der Waals surface area (Å²) in [5.41, 5.74) is 7.54. The molecule has 1 aromatic rings. The van der Waals surface area contributed by atoms with Crippen LogP contribution in [0.1, 0.15) is 50.7 Å². The number of hydrogen-bond acceptors (Lipinski definition) is 3. The first-order valence-corrected chi connectivity index (χ1v) is 9.22. The summed E-state index contributed by atoms with van der Waals surface area (Å²) in [5.74, 6) is 0.402. The van der Waals surface area contributed by atoms with Gasteiger partial charge in [-0.3, -0.25) is 0 Å². The fourth-order valence-corrected chi connectivity index (χ4v) is 3.46. The van der Waals surface area contributed by atoms with Crippen LogP contribution in [0.15, 0.2) is 23.1 Å². The summed E-state index contributed by atoms with van der Waals surface area (Å²) in [4.78, 5) is 0.305. The van der Waals surface area contributed by atoms with Gasteiger partial charge in [-0.25, -0.2) is 13.1 Å². The molecule has 5 heteroatoms. The highest BCUT2D eigenvalue weighted by Gasteiger charge is 2.17. The highest BCUT2D eigenvalue weighted by Crippen LogP contribution is 2.17. The first kappa shape index (κ1) is 18.1. The lowest BCUT2D eigenvalue weighted by atomic mass is 10.00. The van der Waals surface area contributed by atoms with E-state index in [9.17, 15) is 8.42 Å². The zero-order valence-electron chi connectivity index (χ0n) is 13.4. The highest BCUT2D eigenvalue weighted by atomic mass is 32.2. The molecule has 0 aliphatic carbocycles. The molecule has 0 saturated heterocycles. The minimum atomic E-state index is -3.45. The first-order valence-electron chi connectivity index (χ1n) is 7.73.